The second-order valence-corrected chi connectivity index (χ2v) is 7.11. The molecule has 0 saturated heterocycles. The zero-order valence-electron chi connectivity index (χ0n) is 17.2. The first kappa shape index (κ1) is 22.3. The van der Waals surface area contributed by atoms with E-state index in [-0.39, 0.29) is 12.4 Å². The summed E-state index contributed by atoms with van der Waals surface area (Å²) < 4.78 is 25.2. The summed E-state index contributed by atoms with van der Waals surface area (Å²) in [5.74, 6) is 0.248. The summed E-state index contributed by atoms with van der Waals surface area (Å²) in [5.41, 5.74) is 4.91. The summed E-state index contributed by atoms with van der Waals surface area (Å²) in [6.07, 6.45) is 1.49. The summed E-state index contributed by atoms with van der Waals surface area (Å²) in [6, 6.07) is 16.8. The SMILES string of the molecule is CCOc1cc(/C=N\NC(=O)c2ccc(C)cc2Cl)ccc1OCc1ccccc1F. The molecule has 5 nitrogen and oxygen atoms in total. The van der Waals surface area contributed by atoms with Gasteiger partial charge in [-0.1, -0.05) is 35.9 Å². The van der Waals surface area contributed by atoms with Gasteiger partial charge in [0.05, 0.1) is 23.4 Å². The molecule has 3 rings (SSSR count). The molecule has 160 valence electrons. The van der Waals surface area contributed by atoms with Crippen LogP contribution in [-0.4, -0.2) is 18.7 Å². The highest BCUT2D eigenvalue weighted by Gasteiger charge is 2.10. The summed E-state index contributed by atoms with van der Waals surface area (Å²) in [7, 11) is 0. The van der Waals surface area contributed by atoms with Crippen molar-refractivity contribution in [1.29, 1.82) is 0 Å². The number of aryl methyl sites for hydroxylation is 1. The Balaban J connectivity index is 1.68. The van der Waals surface area contributed by atoms with E-state index < -0.39 is 5.91 Å². The van der Waals surface area contributed by atoms with E-state index in [1.807, 2.05) is 13.8 Å². The number of hydrogen-bond acceptors (Lipinski definition) is 4. The fourth-order valence-corrected chi connectivity index (χ4v) is 3.11. The molecule has 0 unspecified atom stereocenters. The lowest BCUT2D eigenvalue weighted by molar-refractivity contribution is 0.0955. The number of nitrogens with zero attached hydrogens (tertiary/aromatic N) is 1. The lowest BCUT2D eigenvalue weighted by Gasteiger charge is -2.13. The van der Waals surface area contributed by atoms with Gasteiger partial charge in [0.2, 0.25) is 0 Å². The van der Waals surface area contributed by atoms with E-state index >= 15 is 0 Å². The maximum absolute atomic E-state index is 13.8. The van der Waals surface area contributed by atoms with E-state index in [0.29, 0.717) is 39.8 Å². The molecule has 0 aliphatic rings. The number of amides is 1. The van der Waals surface area contributed by atoms with E-state index in [2.05, 4.69) is 10.5 Å². The van der Waals surface area contributed by atoms with Gasteiger partial charge in [0, 0.05) is 5.56 Å². The third kappa shape index (κ3) is 6.06. The molecule has 0 aromatic heterocycles. The Morgan fingerprint density at radius 2 is 1.90 bits per heavy atom. The molecule has 3 aromatic rings. The lowest BCUT2D eigenvalue weighted by Crippen LogP contribution is -2.18. The Morgan fingerprint density at radius 3 is 2.65 bits per heavy atom. The van der Waals surface area contributed by atoms with Crippen LogP contribution in [0.3, 0.4) is 0 Å². The smallest absolute Gasteiger partial charge is 0.272 e. The van der Waals surface area contributed by atoms with Crippen LogP contribution in [0.15, 0.2) is 65.8 Å². The van der Waals surface area contributed by atoms with E-state index in [0.717, 1.165) is 5.56 Å². The zero-order valence-corrected chi connectivity index (χ0v) is 17.9. The van der Waals surface area contributed by atoms with Crippen LogP contribution in [0.2, 0.25) is 5.02 Å². The van der Waals surface area contributed by atoms with Crippen molar-refractivity contribution in [3.63, 3.8) is 0 Å². The van der Waals surface area contributed by atoms with Crippen molar-refractivity contribution in [1.82, 2.24) is 5.43 Å². The number of carbonyl (C=O) groups excluding carboxylic acids is 1. The molecule has 0 atom stereocenters. The van der Waals surface area contributed by atoms with Gasteiger partial charge in [0.25, 0.3) is 5.91 Å². The predicted molar refractivity (Wildman–Crippen MR) is 120 cm³/mol. The second-order valence-electron chi connectivity index (χ2n) is 6.70. The van der Waals surface area contributed by atoms with Crippen molar-refractivity contribution in [2.24, 2.45) is 5.10 Å². The molecule has 0 saturated carbocycles. The Kier molecular flexibility index (Phi) is 7.62. The quantitative estimate of drug-likeness (QED) is 0.370. The molecule has 0 fully saturated rings. The number of benzene rings is 3. The maximum atomic E-state index is 13.8. The Labute approximate surface area is 185 Å². The highest BCUT2D eigenvalue weighted by molar-refractivity contribution is 6.33. The average Bonchev–Trinajstić information content (AvgIpc) is 2.74. The number of halogens is 2. The predicted octanol–water partition coefficient (Wildman–Crippen LogP) is 5.53. The Bertz CT molecular complexity index is 1100. The highest BCUT2D eigenvalue weighted by Crippen LogP contribution is 2.29. The third-order valence-corrected chi connectivity index (χ3v) is 4.67. The lowest BCUT2D eigenvalue weighted by atomic mass is 10.1. The van der Waals surface area contributed by atoms with Crippen molar-refractivity contribution in [3.05, 3.63) is 93.8 Å². The van der Waals surface area contributed by atoms with Crippen molar-refractivity contribution < 1.29 is 18.7 Å². The number of hydrazone groups is 1. The van der Waals surface area contributed by atoms with Gasteiger partial charge in [0.1, 0.15) is 12.4 Å². The third-order valence-electron chi connectivity index (χ3n) is 4.36. The first-order valence-electron chi connectivity index (χ1n) is 9.70. The number of ether oxygens (including phenoxy) is 2. The maximum Gasteiger partial charge on any atom is 0.272 e. The van der Waals surface area contributed by atoms with E-state index in [1.165, 1.54) is 12.3 Å². The van der Waals surface area contributed by atoms with Gasteiger partial charge in [-0.3, -0.25) is 4.79 Å². The monoisotopic (exact) mass is 440 g/mol. The molecular weight excluding hydrogens is 419 g/mol. The fourth-order valence-electron chi connectivity index (χ4n) is 2.79. The number of hydrogen-bond donors (Lipinski definition) is 1. The van der Waals surface area contributed by atoms with Crippen LogP contribution in [0.25, 0.3) is 0 Å². The van der Waals surface area contributed by atoms with Gasteiger partial charge in [-0.25, -0.2) is 9.82 Å². The molecule has 0 bridgehead atoms. The fraction of sp³-hybridized carbons (Fsp3) is 0.167. The number of nitrogens with one attached hydrogen (secondary N) is 1. The van der Waals surface area contributed by atoms with Gasteiger partial charge in [-0.05, 0) is 61.4 Å². The Morgan fingerprint density at radius 1 is 1.10 bits per heavy atom. The van der Waals surface area contributed by atoms with Crippen LogP contribution >= 0.6 is 11.6 Å². The second kappa shape index (κ2) is 10.6. The normalized spacial score (nSPS) is 10.8. The van der Waals surface area contributed by atoms with Crippen LogP contribution in [0, 0.1) is 12.7 Å². The van der Waals surface area contributed by atoms with Crippen molar-refractivity contribution in [2.75, 3.05) is 6.61 Å². The molecular formula is C24H22ClFN2O3. The van der Waals surface area contributed by atoms with Crippen molar-refractivity contribution in [3.8, 4) is 11.5 Å². The number of rotatable bonds is 8. The van der Waals surface area contributed by atoms with Crippen LogP contribution in [0.5, 0.6) is 11.5 Å². The van der Waals surface area contributed by atoms with Crippen LogP contribution in [-0.2, 0) is 6.61 Å². The molecule has 0 heterocycles. The largest absolute Gasteiger partial charge is 0.490 e. The van der Waals surface area contributed by atoms with Gasteiger partial charge in [-0.15, -0.1) is 0 Å². The summed E-state index contributed by atoms with van der Waals surface area (Å²) >= 11 is 6.11. The van der Waals surface area contributed by atoms with Gasteiger partial charge in [0.15, 0.2) is 11.5 Å². The van der Waals surface area contributed by atoms with E-state index in [4.69, 9.17) is 21.1 Å². The minimum absolute atomic E-state index is 0.0769. The molecule has 0 spiro atoms. The molecule has 1 amide bonds. The summed E-state index contributed by atoms with van der Waals surface area (Å²) in [5, 5.41) is 4.35. The van der Waals surface area contributed by atoms with Crippen LogP contribution in [0.4, 0.5) is 4.39 Å². The van der Waals surface area contributed by atoms with E-state index in [9.17, 15) is 9.18 Å². The molecule has 31 heavy (non-hydrogen) atoms. The molecule has 0 aliphatic carbocycles. The molecule has 0 radical (unpaired) electrons. The Hall–Kier alpha value is -3.38. The van der Waals surface area contributed by atoms with Crippen molar-refractivity contribution in [2.45, 2.75) is 20.5 Å². The molecule has 3 aromatic carbocycles. The minimum atomic E-state index is -0.406. The minimum Gasteiger partial charge on any atom is -0.490 e. The summed E-state index contributed by atoms with van der Waals surface area (Å²) in [4.78, 5) is 12.3. The topological polar surface area (TPSA) is 59.9 Å². The van der Waals surface area contributed by atoms with Crippen LogP contribution < -0.4 is 14.9 Å². The number of carbonyl (C=O) groups is 1. The first-order valence-corrected chi connectivity index (χ1v) is 10.1. The zero-order chi connectivity index (χ0) is 22.2. The van der Waals surface area contributed by atoms with Crippen molar-refractivity contribution >= 4 is 23.7 Å². The van der Waals surface area contributed by atoms with Crippen LogP contribution in [0.1, 0.15) is 34.0 Å². The van der Waals surface area contributed by atoms with Gasteiger partial charge in [-0.2, -0.15) is 5.10 Å². The first-order chi connectivity index (χ1) is 15.0. The van der Waals surface area contributed by atoms with E-state index in [1.54, 1.807) is 54.6 Å². The van der Waals surface area contributed by atoms with Gasteiger partial charge >= 0.3 is 0 Å². The molecule has 7 heteroatoms. The van der Waals surface area contributed by atoms with Gasteiger partial charge < -0.3 is 9.47 Å². The molecule has 1 N–H and O–H groups in total. The summed E-state index contributed by atoms with van der Waals surface area (Å²) in [6.45, 7) is 4.26. The standard InChI is InChI=1S/C24H22ClFN2O3/c1-3-30-23-13-17(9-11-22(23)31-15-18-6-4-5-7-21(18)26)14-27-28-24(29)19-10-8-16(2)12-20(19)25/h4-14H,3,15H2,1-2H3,(H,28,29)/b27-14-. The highest BCUT2D eigenvalue weighted by atomic mass is 35.5. The average molecular weight is 441 g/mol. The molecule has 0 aliphatic heterocycles.